The van der Waals surface area contributed by atoms with Crippen molar-refractivity contribution in [2.75, 3.05) is 14.1 Å². The normalized spacial score (nSPS) is 11.5. The van der Waals surface area contributed by atoms with Gasteiger partial charge in [0.15, 0.2) is 0 Å². The molecule has 6 nitrogen and oxygen atoms in total. The van der Waals surface area contributed by atoms with E-state index >= 15 is 0 Å². The van der Waals surface area contributed by atoms with Crippen LogP contribution in [0.15, 0.2) is 24.3 Å². The second-order valence-corrected chi connectivity index (χ2v) is 4.31. The summed E-state index contributed by atoms with van der Waals surface area (Å²) >= 11 is 0. The third-order valence-electron chi connectivity index (χ3n) is 2.52. The molecular weight excluding hydrogens is 248 g/mol. The molecule has 1 aromatic rings. The number of carboxylic acid groups (broad SMARTS) is 1. The van der Waals surface area contributed by atoms with Crippen molar-refractivity contribution in [3.63, 3.8) is 0 Å². The van der Waals surface area contributed by atoms with Crippen molar-refractivity contribution in [1.29, 1.82) is 0 Å². The molecule has 0 aliphatic carbocycles. The lowest BCUT2D eigenvalue weighted by molar-refractivity contribution is -0.138. The van der Waals surface area contributed by atoms with E-state index < -0.39 is 17.9 Å². The molecule has 0 bridgehead atoms. The standard InChI is InChI=1S/C13H16N2O4/c1-8(13(18)19)14-11(16)9-4-6-10(7-5-9)12(17)15(2)3/h4-8H,1-3H3,(H,14,16)(H,18,19)/t8-/m0/s1. The van der Waals surface area contributed by atoms with E-state index in [1.807, 2.05) is 0 Å². The van der Waals surface area contributed by atoms with Crippen molar-refractivity contribution in [3.8, 4) is 0 Å². The molecule has 6 heteroatoms. The fourth-order valence-electron chi connectivity index (χ4n) is 1.36. The van der Waals surface area contributed by atoms with Crippen LogP contribution < -0.4 is 5.32 Å². The van der Waals surface area contributed by atoms with E-state index in [-0.39, 0.29) is 5.91 Å². The van der Waals surface area contributed by atoms with E-state index in [4.69, 9.17) is 5.11 Å². The summed E-state index contributed by atoms with van der Waals surface area (Å²) in [6, 6.07) is 5.07. The molecule has 0 aliphatic heterocycles. The second kappa shape index (κ2) is 5.99. The van der Waals surface area contributed by atoms with Crippen molar-refractivity contribution in [3.05, 3.63) is 35.4 Å². The van der Waals surface area contributed by atoms with Crippen LogP contribution in [0, 0.1) is 0 Å². The van der Waals surface area contributed by atoms with Gasteiger partial charge in [-0.05, 0) is 31.2 Å². The van der Waals surface area contributed by atoms with Crippen LogP contribution in [0.2, 0.25) is 0 Å². The smallest absolute Gasteiger partial charge is 0.325 e. The average Bonchev–Trinajstić information content (AvgIpc) is 2.37. The van der Waals surface area contributed by atoms with Crippen LogP contribution in [0.1, 0.15) is 27.6 Å². The van der Waals surface area contributed by atoms with Crippen LogP contribution in [0.3, 0.4) is 0 Å². The molecule has 0 spiro atoms. The Labute approximate surface area is 111 Å². The summed E-state index contributed by atoms with van der Waals surface area (Å²) < 4.78 is 0. The summed E-state index contributed by atoms with van der Waals surface area (Å²) in [6.45, 7) is 1.38. The van der Waals surface area contributed by atoms with Gasteiger partial charge in [-0.1, -0.05) is 0 Å². The number of hydrogen-bond acceptors (Lipinski definition) is 3. The topological polar surface area (TPSA) is 86.7 Å². The van der Waals surface area contributed by atoms with Crippen LogP contribution in [0.4, 0.5) is 0 Å². The number of hydrogen-bond donors (Lipinski definition) is 2. The van der Waals surface area contributed by atoms with E-state index in [1.54, 1.807) is 14.1 Å². The zero-order chi connectivity index (χ0) is 14.6. The van der Waals surface area contributed by atoms with Crippen LogP contribution in [-0.4, -0.2) is 47.9 Å². The number of nitrogens with one attached hydrogen (secondary N) is 1. The molecule has 0 heterocycles. The number of nitrogens with zero attached hydrogens (tertiary/aromatic N) is 1. The molecule has 0 saturated heterocycles. The number of carboxylic acids is 1. The van der Waals surface area contributed by atoms with Crippen LogP contribution >= 0.6 is 0 Å². The predicted molar refractivity (Wildman–Crippen MR) is 69.0 cm³/mol. The molecule has 1 rings (SSSR count). The Bertz CT molecular complexity index is 494. The third kappa shape index (κ3) is 3.80. The number of carbonyl (C=O) groups excluding carboxylic acids is 2. The zero-order valence-electron chi connectivity index (χ0n) is 11.0. The lowest BCUT2D eigenvalue weighted by atomic mass is 10.1. The second-order valence-electron chi connectivity index (χ2n) is 4.31. The summed E-state index contributed by atoms with van der Waals surface area (Å²) in [7, 11) is 3.27. The van der Waals surface area contributed by atoms with E-state index in [0.717, 1.165) is 0 Å². The highest BCUT2D eigenvalue weighted by atomic mass is 16.4. The molecule has 2 amide bonds. The highest BCUT2D eigenvalue weighted by molar-refractivity contribution is 5.98. The fraction of sp³-hybridized carbons (Fsp3) is 0.308. The first-order valence-electron chi connectivity index (χ1n) is 5.68. The minimum Gasteiger partial charge on any atom is -0.480 e. The first-order valence-corrected chi connectivity index (χ1v) is 5.68. The largest absolute Gasteiger partial charge is 0.480 e. The summed E-state index contributed by atoms with van der Waals surface area (Å²) in [5.74, 6) is -1.75. The van der Waals surface area contributed by atoms with Gasteiger partial charge in [0, 0.05) is 25.2 Å². The lowest BCUT2D eigenvalue weighted by Crippen LogP contribution is -2.38. The average molecular weight is 264 g/mol. The maximum absolute atomic E-state index is 11.7. The van der Waals surface area contributed by atoms with Gasteiger partial charge in [0.2, 0.25) is 0 Å². The monoisotopic (exact) mass is 264 g/mol. The highest BCUT2D eigenvalue weighted by Crippen LogP contribution is 2.06. The van der Waals surface area contributed by atoms with Gasteiger partial charge in [-0.3, -0.25) is 14.4 Å². The molecule has 0 radical (unpaired) electrons. The number of amides is 2. The Morgan fingerprint density at radius 1 is 1.11 bits per heavy atom. The molecule has 1 atom stereocenters. The van der Waals surface area contributed by atoms with Gasteiger partial charge in [-0.25, -0.2) is 0 Å². The van der Waals surface area contributed by atoms with Crippen LogP contribution in [0.5, 0.6) is 0 Å². The SMILES string of the molecule is C[C@H](NC(=O)c1ccc(C(=O)N(C)C)cc1)C(=O)O. The summed E-state index contributed by atoms with van der Waals surface area (Å²) in [5, 5.41) is 11.0. The Morgan fingerprint density at radius 3 is 2.00 bits per heavy atom. The van der Waals surface area contributed by atoms with Crippen LogP contribution in [0.25, 0.3) is 0 Å². The molecule has 0 aliphatic rings. The minimum atomic E-state index is -1.10. The first-order chi connectivity index (χ1) is 8.82. The van der Waals surface area contributed by atoms with Gasteiger partial charge in [-0.15, -0.1) is 0 Å². The maximum atomic E-state index is 11.7. The van der Waals surface area contributed by atoms with Crippen molar-refractivity contribution in [2.45, 2.75) is 13.0 Å². The molecule has 102 valence electrons. The summed E-state index contributed by atoms with van der Waals surface area (Å²) in [6.07, 6.45) is 0. The fourth-order valence-corrected chi connectivity index (χ4v) is 1.36. The Balaban J connectivity index is 2.79. The number of benzene rings is 1. The molecule has 0 saturated carbocycles. The minimum absolute atomic E-state index is 0.161. The van der Waals surface area contributed by atoms with Crippen molar-refractivity contribution in [1.82, 2.24) is 10.2 Å². The van der Waals surface area contributed by atoms with Gasteiger partial charge in [0.05, 0.1) is 0 Å². The molecule has 2 N–H and O–H groups in total. The van der Waals surface area contributed by atoms with E-state index in [1.165, 1.54) is 36.1 Å². The van der Waals surface area contributed by atoms with Crippen molar-refractivity contribution in [2.24, 2.45) is 0 Å². The zero-order valence-corrected chi connectivity index (χ0v) is 11.0. The van der Waals surface area contributed by atoms with Gasteiger partial charge < -0.3 is 15.3 Å². The third-order valence-corrected chi connectivity index (χ3v) is 2.52. The summed E-state index contributed by atoms with van der Waals surface area (Å²) in [5.41, 5.74) is 0.774. The number of carbonyl (C=O) groups is 3. The van der Waals surface area contributed by atoms with Gasteiger partial charge in [0.1, 0.15) is 6.04 Å². The van der Waals surface area contributed by atoms with Crippen LogP contribution in [-0.2, 0) is 4.79 Å². The van der Waals surface area contributed by atoms with Gasteiger partial charge >= 0.3 is 5.97 Å². The molecule has 0 fully saturated rings. The molecular formula is C13H16N2O4. The van der Waals surface area contributed by atoms with Gasteiger partial charge in [-0.2, -0.15) is 0 Å². The van der Waals surface area contributed by atoms with E-state index in [2.05, 4.69) is 5.32 Å². The Hall–Kier alpha value is -2.37. The quantitative estimate of drug-likeness (QED) is 0.833. The van der Waals surface area contributed by atoms with Gasteiger partial charge in [0.25, 0.3) is 11.8 Å². The lowest BCUT2D eigenvalue weighted by Gasteiger charge is -2.11. The van der Waals surface area contributed by atoms with E-state index in [9.17, 15) is 14.4 Å². The Kier molecular flexibility index (Phi) is 4.63. The molecule has 0 aromatic heterocycles. The first kappa shape index (κ1) is 14.7. The number of rotatable bonds is 4. The predicted octanol–water partition coefficient (Wildman–Crippen LogP) is 0.591. The molecule has 19 heavy (non-hydrogen) atoms. The molecule has 0 unspecified atom stereocenters. The Morgan fingerprint density at radius 2 is 1.58 bits per heavy atom. The molecule has 1 aromatic carbocycles. The van der Waals surface area contributed by atoms with E-state index in [0.29, 0.717) is 11.1 Å². The highest BCUT2D eigenvalue weighted by Gasteiger charge is 2.15. The van der Waals surface area contributed by atoms with Crippen molar-refractivity contribution >= 4 is 17.8 Å². The maximum Gasteiger partial charge on any atom is 0.325 e. The van der Waals surface area contributed by atoms with Crippen molar-refractivity contribution < 1.29 is 19.5 Å². The number of aliphatic carboxylic acids is 1. The summed E-state index contributed by atoms with van der Waals surface area (Å²) in [4.78, 5) is 35.4.